The molecule has 0 bridgehead atoms. The Morgan fingerprint density at radius 1 is 1.10 bits per heavy atom. The Morgan fingerprint density at radius 2 is 2.00 bits per heavy atom. The molecular weight excluding hydrogens is 284 g/mol. The summed E-state index contributed by atoms with van der Waals surface area (Å²) in [5, 5.41) is 1.74. The van der Waals surface area contributed by atoms with E-state index in [1.54, 1.807) is 6.20 Å². The van der Waals surface area contributed by atoms with Crippen molar-refractivity contribution in [3.05, 3.63) is 70.9 Å². The molecule has 0 aliphatic carbocycles. The van der Waals surface area contributed by atoms with Crippen LogP contribution in [0.3, 0.4) is 0 Å². The SMILES string of the molecule is NCc1c(Cl)cccc1OCc1ccc2ncccc2c1. The highest BCUT2D eigenvalue weighted by atomic mass is 35.5. The van der Waals surface area contributed by atoms with Crippen LogP contribution in [0.25, 0.3) is 10.9 Å². The topological polar surface area (TPSA) is 48.1 Å². The average molecular weight is 299 g/mol. The molecule has 0 amide bonds. The van der Waals surface area contributed by atoms with Crippen molar-refractivity contribution >= 4 is 22.5 Å². The fourth-order valence-electron chi connectivity index (χ4n) is 2.25. The van der Waals surface area contributed by atoms with Crippen LogP contribution in [0.1, 0.15) is 11.1 Å². The van der Waals surface area contributed by atoms with Crippen LogP contribution in [0.4, 0.5) is 0 Å². The lowest BCUT2D eigenvalue weighted by Gasteiger charge is -2.12. The van der Waals surface area contributed by atoms with Gasteiger partial charge in [-0.3, -0.25) is 4.98 Å². The molecule has 3 aromatic rings. The van der Waals surface area contributed by atoms with Gasteiger partial charge in [0, 0.05) is 28.7 Å². The van der Waals surface area contributed by atoms with Crippen LogP contribution in [-0.2, 0) is 13.2 Å². The predicted molar refractivity (Wildman–Crippen MR) is 85.4 cm³/mol. The Morgan fingerprint density at radius 3 is 2.86 bits per heavy atom. The van der Waals surface area contributed by atoms with Crippen LogP contribution < -0.4 is 10.5 Å². The summed E-state index contributed by atoms with van der Waals surface area (Å²) < 4.78 is 5.86. The standard InChI is InChI=1S/C17H15ClN2O/c18-15-4-1-5-17(14(15)10-19)21-11-12-6-7-16-13(9-12)3-2-8-20-16/h1-9H,10-11,19H2. The van der Waals surface area contributed by atoms with Crippen LogP contribution in [-0.4, -0.2) is 4.98 Å². The van der Waals surface area contributed by atoms with Gasteiger partial charge in [0.05, 0.1) is 5.52 Å². The van der Waals surface area contributed by atoms with Gasteiger partial charge in [-0.2, -0.15) is 0 Å². The lowest BCUT2D eigenvalue weighted by Crippen LogP contribution is -2.03. The van der Waals surface area contributed by atoms with E-state index in [1.165, 1.54) is 0 Å². The second-order valence-corrected chi connectivity index (χ2v) is 5.15. The molecular formula is C17H15ClN2O. The molecule has 3 rings (SSSR count). The van der Waals surface area contributed by atoms with E-state index >= 15 is 0 Å². The second kappa shape index (κ2) is 6.12. The van der Waals surface area contributed by atoms with Crippen molar-refractivity contribution in [2.75, 3.05) is 0 Å². The van der Waals surface area contributed by atoms with Gasteiger partial charge < -0.3 is 10.5 Å². The van der Waals surface area contributed by atoms with E-state index in [0.29, 0.717) is 18.2 Å². The molecule has 0 fully saturated rings. The molecule has 106 valence electrons. The van der Waals surface area contributed by atoms with E-state index < -0.39 is 0 Å². The highest BCUT2D eigenvalue weighted by Crippen LogP contribution is 2.26. The largest absolute Gasteiger partial charge is 0.489 e. The van der Waals surface area contributed by atoms with Crippen LogP contribution in [0.5, 0.6) is 5.75 Å². The molecule has 2 aromatic carbocycles. The lowest BCUT2D eigenvalue weighted by molar-refractivity contribution is 0.303. The van der Waals surface area contributed by atoms with Crippen molar-refractivity contribution in [1.29, 1.82) is 0 Å². The van der Waals surface area contributed by atoms with Gasteiger partial charge in [-0.15, -0.1) is 0 Å². The van der Waals surface area contributed by atoms with Crippen LogP contribution in [0.15, 0.2) is 54.7 Å². The fourth-order valence-corrected chi connectivity index (χ4v) is 2.49. The van der Waals surface area contributed by atoms with Crippen molar-refractivity contribution in [2.45, 2.75) is 13.2 Å². The molecule has 0 unspecified atom stereocenters. The summed E-state index contributed by atoms with van der Waals surface area (Å²) in [6.07, 6.45) is 1.79. The third kappa shape index (κ3) is 2.99. The fraction of sp³-hybridized carbons (Fsp3) is 0.118. The lowest BCUT2D eigenvalue weighted by atomic mass is 10.1. The molecule has 0 aliphatic heterocycles. The number of rotatable bonds is 4. The molecule has 0 radical (unpaired) electrons. The number of benzene rings is 2. The first kappa shape index (κ1) is 13.9. The molecule has 2 N–H and O–H groups in total. The number of pyridine rings is 1. The number of hydrogen-bond acceptors (Lipinski definition) is 3. The number of halogens is 1. The van der Waals surface area contributed by atoms with Crippen LogP contribution in [0, 0.1) is 0 Å². The zero-order valence-electron chi connectivity index (χ0n) is 11.4. The minimum atomic E-state index is 0.358. The van der Waals surface area contributed by atoms with Crippen molar-refractivity contribution in [1.82, 2.24) is 4.98 Å². The summed E-state index contributed by atoms with van der Waals surface area (Å²) in [6, 6.07) is 15.6. The molecule has 4 heteroatoms. The summed E-state index contributed by atoms with van der Waals surface area (Å²) in [4.78, 5) is 4.30. The highest BCUT2D eigenvalue weighted by Gasteiger charge is 2.07. The maximum Gasteiger partial charge on any atom is 0.125 e. The first-order valence-corrected chi connectivity index (χ1v) is 7.09. The van der Waals surface area contributed by atoms with Gasteiger partial charge in [0.1, 0.15) is 12.4 Å². The van der Waals surface area contributed by atoms with Crippen molar-refractivity contribution < 1.29 is 4.74 Å². The zero-order valence-corrected chi connectivity index (χ0v) is 12.2. The van der Waals surface area contributed by atoms with Crippen molar-refractivity contribution in [3.63, 3.8) is 0 Å². The molecule has 21 heavy (non-hydrogen) atoms. The van der Waals surface area contributed by atoms with Crippen molar-refractivity contribution in [2.24, 2.45) is 5.73 Å². The van der Waals surface area contributed by atoms with E-state index in [4.69, 9.17) is 22.1 Å². The minimum Gasteiger partial charge on any atom is -0.489 e. The van der Waals surface area contributed by atoms with Gasteiger partial charge in [-0.25, -0.2) is 0 Å². The first-order chi connectivity index (χ1) is 10.3. The number of ether oxygens (including phenoxy) is 1. The zero-order chi connectivity index (χ0) is 14.7. The Bertz CT molecular complexity index is 774. The molecule has 0 saturated heterocycles. The summed E-state index contributed by atoms with van der Waals surface area (Å²) in [7, 11) is 0. The predicted octanol–water partition coefficient (Wildman–Crippen LogP) is 3.93. The van der Waals surface area contributed by atoms with E-state index in [-0.39, 0.29) is 0 Å². The average Bonchev–Trinajstić information content (AvgIpc) is 2.52. The summed E-state index contributed by atoms with van der Waals surface area (Å²) >= 11 is 6.12. The number of hydrogen-bond donors (Lipinski definition) is 1. The van der Waals surface area contributed by atoms with E-state index in [9.17, 15) is 0 Å². The molecule has 1 aromatic heterocycles. The van der Waals surface area contributed by atoms with E-state index in [2.05, 4.69) is 11.1 Å². The third-order valence-electron chi connectivity index (χ3n) is 3.34. The van der Waals surface area contributed by atoms with Gasteiger partial charge >= 0.3 is 0 Å². The molecule has 0 atom stereocenters. The maximum atomic E-state index is 6.12. The monoisotopic (exact) mass is 298 g/mol. The minimum absolute atomic E-state index is 0.358. The third-order valence-corrected chi connectivity index (χ3v) is 3.70. The Kier molecular flexibility index (Phi) is 4.04. The quantitative estimate of drug-likeness (QED) is 0.794. The number of nitrogens with two attached hydrogens (primary N) is 1. The Labute approximate surface area is 128 Å². The molecule has 0 saturated carbocycles. The molecule has 1 heterocycles. The van der Waals surface area contributed by atoms with Gasteiger partial charge in [0.25, 0.3) is 0 Å². The van der Waals surface area contributed by atoms with E-state index in [1.807, 2.05) is 42.5 Å². The summed E-state index contributed by atoms with van der Waals surface area (Å²) in [5.41, 5.74) is 8.62. The Balaban J connectivity index is 1.82. The number of aromatic nitrogens is 1. The molecule has 0 spiro atoms. The van der Waals surface area contributed by atoms with E-state index in [0.717, 1.165) is 27.8 Å². The molecule has 0 aliphatic rings. The summed E-state index contributed by atoms with van der Waals surface area (Å²) in [5.74, 6) is 0.733. The maximum absolute atomic E-state index is 6.12. The number of fused-ring (bicyclic) bond motifs is 1. The van der Waals surface area contributed by atoms with Crippen LogP contribution >= 0.6 is 11.6 Å². The number of nitrogens with zero attached hydrogens (tertiary/aromatic N) is 1. The van der Waals surface area contributed by atoms with Gasteiger partial charge in [0.15, 0.2) is 0 Å². The highest BCUT2D eigenvalue weighted by molar-refractivity contribution is 6.31. The van der Waals surface area contributed by atoms with Crippen LogP contribution in [0.2, 0.25) is 5.02 Å². The van der Waals surface area contributed by atoms with Crippen molar-refractivity contribution in [3.8, 4) is 5.75 Å². The van der Waals surface area contributed by atoms with Gasteiger partial charge in [0.2, 0.25) is 0 Å². The first-order valence-electron chi connectivity index (χ1n) is 6.72. The smallest absolute Gasteiger partial charge is 0.125 e. The second-order valence-electron chi connectivity index (χ2n) is 4.74. The summed E-state index contributed by atoms with van der Waals surface area (Å²) in [6.45, 7) is 0.828. The normalized spacial score (nSPS) is 10.8. The van der Waals surface area contributed by atoms with Gasteiger partial charge in [-0.05, 0) is 35.9 Å². The van der Waals surface area contributed by atoms with Gasteiger partial charge in [-0.1, -0.05) is 29.8 Å². The molecule has 3 nitrogen and oxygen atoms in total. The Hall–Kier alpha value is -2.10.